The highest BCUT2D eigenvalue weighted by atomic mass is 32.2. The molecule has 1 aliphatic rings. The summed E-state index contributed by atoms with van der Waals surface area (Å²) in [5, 5.41) is 10.2. The Balaban J connectivity index is 2.06. The first kappa shape index (κ1) is 72.2. The predicted octanol–water partition coefficient (Wildman–Crippen LogP) is 0.122. The summed E-state index contributed by atoms with van der Waals surface area (Å²) in [4.78, 5) is 46.0. The first-order valence-corrected chi connectivity index (χ1v) is 33.8. The second kappa shape index (κ2) is 34.4. The number of carbonyl (C=O) groups is 4. The van der Waals surface area contributed by atoms with E-state index >= 15 is 0 Å². The molecule has 8 bridgehead atoms. The SMILES string of the molecule is COCCOc1c2cc(S(=O)(=O)NCCNC(C)=O)cc1Cc1cc(S(=O)(=O)NCCNC(C)=O)cc(c1OCCOC)Cc1cc(S(=O)(=O)NCCNC(C)=O)cc(c1OCCOC)Cc1cc(S(=O)(=O)NCCNC(C)=O)cc(c1OCCOC)C2. The van der Waals surface area contributed by atoms with Crippen LogP contribution in [0.3, 0.4) is 0 Å². The summed E-state index contributed by atoms with van der Waals surface area (Å²) in [7, 11) is -12.4. The zero-order valence-electron chi connectivity index (χ0n) is 50.6. The third-order valence-electron chi connectivity index (χ3n) is 12.9. The van der Waals surface area contributed by atoms with Crippen molar-refractivity contribution in [3.8, 4) is 23.0 Å². The van der Waals surface area contributed by atoms with Crippen LogP contribution in [0.25, 0.3) is 0 Å². The fourth-order valence-electron chi connectivity index (χ4n) is 9.06. The molecular weight excluding hydrogens is 1230 g/mol. The van der Waals surface area contributed by atoms with Crippen LogP contribution in [-0.2, 0) is 104 Å². The third-order valence-corrected chi connectivity index (χ3v) is 18.7. The van der Waals surface area contributed by atoms with E-state index in [1.165, 1.54) is 105 Å². The van der Waals surface area contributed by atoms with Crippen LogP contribution in [0.5, 0.6) is 23.0 Å². The van der Waals surface area contributed by atoms with Crippen molar-refractivity contribution in [2.24, 2.45) is 0 Å². The van der Waals surface area contributed by atoms with Gasteiger partial charge in [-0.2, -0.15) is 0 Å². The van der Waals surface area contributed by atoms with Crippen LogP contribution in [0.2, 0.25) is 0 Å². The molecule has 88 heavy (non-hydrogen) atoms. The van der Waals surface area contributed by atoms with Crippen molar-refractivity contribution >= 4 is 63.7 Å². The van der Waals surface area contributed by atoms with E-state index < -0.39 is 63.7 Å². The van der Waals surface area contributed by atoms with Gasteiger partial charge in [0.05, 0.1) is 46.0 Å². The number of rotatable bonds is 36. The maximum Gasteiger partial charge on any atom is 0.240 e. The van der Waals surface area contributed by atoms with Crippen LogP contribution < -0.4 is 59.1 Å². The highest BCUT2D eigenvalue weighted by molar-refractivity contribution is 7.90. The second-order valence-corrected chi connectivity index (χ2v) is 26.9. The average Bonchev–Trinajstić information content (AvgIpc) is 0.829. The van der Waals surface area contributed by atoms with E-state index in [-0.39, 0.29) is 218 Å². The molecule has 0 aromatic heterocycles. The third kappa shape index (κ3) is 21.9. The fraction of sp³-hybridized carbons (Fsp3) is 0.500. The van der Waals surface area contributed by atoms with Crippen molar-refractivity contribution < 1.29 is 90.7 Å². The Morgan fingerprint density at radius 3 is 0.625 bits per heavy atom. The van der Waals surface area contributed by atoms with Crippen LogP contribution in [0.1, 0.15) is 72.2 Å². The molecule has 1 aliphatic carbocycles. The Labute approximate surface area is 514 Å². The zero-order valence-corrected chi connectivity index (χ0v) is 53.8. The number of sulfonamides is 4. The molecule has 4 aromatic carbocycles. The number of benzene rings is 4. The van der Waals surface area contributed by atoms with Gasteiger partial charge in [-0.3, -0.25) is 19.2 Å². The molecule has 0 aliphatic heterocycles. The van der Waals surface area contributed by atoms with Gasteiger partial charge in [-0.1, -0.05) is 0 Å². The second-order valence-electron chi connectivity index (χ2n) is 19.9. The molecule has 8 N–H and O–H groups in total. The van der Waals surface area contributed by atoms with Gasteiger partial charge in [-0.25, -0.2) is 52.6 Å². The molecule has 4 amide bonds. The van der Waals surface area contributed by atoms with E-state index in [4.69, 9.17) is 37.9 Å². The molecule has 32 heteroatoms. The smallest absolute Gasteiger partial charge is 0.240 e. The first-order valence-electron chi connectivity index (χ1n) is 27.8. The molecule has 0 spiro atoms. The summed E-state index contributed by atoms with van der Waals surface area (Å²) in [5.74, 6) is -1.37. The monoisotopic (exact) mass is 1310 g/mol. The lowest BCUT2D eigenvalue weighted by Crippen LogP contribution is -2.34. The molecule has 0 fully saturated rings. The van der Waals surface area contributed by atoms with E-state index in [0.717, 1.165) is 0 Å². The summed E-state index contributed by atoms with van der Waals surface area (Å²) < 4.78 is 175. The summed E-state index contributed by atoms with van der Waals surface area (Å²) in [6.45, 7) is 3.24. The van der Waals surface area contributed by atoms with Crippen molar-refractivity contribution in [2.45, 2.75) is 73.0 Å². The topological polar surface area (TPSA) is 375 Å². The number of hydrogen-bond acceptors (Lipinski definition) is 20. The van der Waals surface area contributed by atoms with Crippen molar-refractivity contribution in [3.63, 3.8) is 0 Å². The maximum atomic E-state index is 14.6. The molecule has 0 heterocycles. The van der Waals surface area contributed by atoms with Gasteiger partial charge in [0.1, 0.15) is 49.4 Å². The van der Waals surface area contributed by atoms with Crippen LogP contribution in [0.15, 0.2) is 68.1 Å². The van der Waals surface area contributed by atoms with E-state index in [9.17, 15) is 52.8 Å². The number of amides is 4. The molecule has 0 saturated heterocycles. The summed E-state index contributed by atoms with van der Waals surface area (Å²) in [6, 6.07) is 10.6. The zero-order chi connectivity index (χ0) is 64.7. The molecule has 0 saturated carbocycles. The van der Waals surface area contributed by atoms with Crippen LogP contribution >= 0.6 is 0 Å². The first-order chi connectivity index (χ1) is 41.7. The van der Waals surface area contributed by atoms with Gasteiger partial charge in [0.25, 0.3) is 0 Å². The Morgan fingerprint density at radius 2 is 0.477 bits per heavy atom. The Morgan fingerprint density at radius 1 is 0.307 bits per heavy atom. The summed E-state index contributed by atoms with van der Waals surface area (Å²) in [6.07, 6.45) is -1.45. The van der Waals surface area contributed by atoms with Gasteiger partial charge in [-0.15, -0.1) is 0 Å². The number of hydrogen-bond donors (Lipinski definition) is 8. The van der Waals surface area contributed by atoms with E-state index in [2.05, 4.69) is 40.2 Å². The Bertz CT molecular complexity index is 3000. The van der Waals surface area contributed by atoms with Crippen molar-refractivity contribution in [3.05, 3.63) is 93.0 Å². The Hall–Kier alpha value is -6.56. The van der Waals surface area contributed by atoms with Crippen molar-refractivity contribution in [1.82, 2.24) is 40.2 Å². The number of fused-ring (bicyclic) bond motifs is 8. The standard InChI is InChI=1S/C56H80N8O20S4/c1-37(65)57-9-13-61-85(69,70)49-29-41-25-43-31-50(86(71,72)62-14-10-58-38(2)66)33-45(54(43)82-22-18-78-6)27-47-35-52(88(75,76)64-16-12-60-40(4)68)36-48(56(47)84-24-20-80-8)28-46-34-51(87(73,74)63-15-11-59-39(3)67)32-44(55(46)83-23-19-79-7)26-42(30-49)53(41)81-21-17-77-5/h29-36,61-64H,9-28H2,1-8H3,(H,57,65)(H,58,66)(H,59,67)(H,60,68). The quantitative estimate of drug-likeness (QED) is 0.0247. The maximum absolute atomic E-state index is 14.6. The summed E-state index contributed by atoms with van der Waals surface area (Å²) in [5.41, 5.74) is 1.06. The van der Waals surface area contributed by atoms with Gasteiger partial charge in [0.2, 0.25) is 63.7 Å². The van der Waals surface area contributed by atoms with Gasteiger partial charge >= 0.3 is 0 Å². The predicted molar refractivity (Wildman–Crippen MR) is 322 cm³/mol. The lowest BCUT2D eigenvalue weighted by Gasteiger charge is -2.25. The number of nitrogens with one attached hydrogen (secondary N) is 8. The molecular formula is C56H80N8O20S4. The molecule has 28 nitrogen and oxygen atoms in total. The molecule has 0 radical (unpaired) electrons. The lowest BCUT2D eigenvalue weighted by atomic mass is 9.91. The minimum Gasteiger partial charge on any atom is -0.491 e. The minimum atomic E-state index is -4.53. The lowest BCUT2D eigenvalue weighted by molar-refractivity contribution is -0.119. The van der Waals surface area contributed by atoms with E-state index in [1.807, 2.05) is 0 Å². The number of ether oxygens (including phenoxy) is 8. The van der Waals surface area contributed by atoms with Crippen molar-refractivity contribution in [1.29, 1.82) is 0 Å². The Kier molecular flexibility index (Phi) is 28.2. The number of carbonyl (C=O) groups excluding carboxylic acids is 4. The molecule has 0 atom stereocenters. The van der Waals surface area contributed by atoms with Gasteiger partial charge in [0, 0.05) is 179 Å². The average molecular weight is 1310 g/mol. The van der Waals surface area contributed by atoms with Crippen LogP contribution in [0, 0.1) is 0 Å². The fourth-order valence-corrected chi connectivity index (χ4v) is 13.6. The van der Waals surface area contributed by atoms with Crippen molar-refractivity contribution in [2.75, 3.05) is 134 Å². The van der Waals surface area contributed by atoms with Gasteiger partial charge in [0.15, 0.2) is 0 Å². The van der Waals surface area contributed by atoms with Crippen LogP contribution in [-0.4, -0.2) is 191 Å². The van der Waals surface area contributed by atoms with Gasteiger partial charge < -0.3 is 59.2 Å². The minimum absolute atomic E-state index is 0.0134. The van der Waals surface area contributed by atoms with Gasteiger partial charge in [-0.05, 0) is 48.5 Å². The highest BCUT2D eigenvalue weighted by Gasteiger charge is 2.30. The molecule has 5 rings (SSSR count). The molecule has 488 valence electrons. The van der Waals surface area contributed by atoms with E-state index in [0.29, 0.717) is 0 Å². The number of methoxy groups -OCH3 is 4. The largest absolute Gasteiger partial charge is 0.491 e. The molecule has 0 unspecified atom stereocenters. The normalized spacial score (nSPS) is 12.6. The van der Waals surface area contributed by atoms with Crippen LogP contribution in [0.4, 0.5) is 0 Å². The highest BCUT2D eigenvalue weighted by Crippen LogP contribution is 2.42. The van der Waals surface area contributed by atoms with E-state index in [1.54, 1.807) is 0 Å². The molecule has 4 aromatic rings. The summed E-state index contributed by atoms with van der Waals surface area (Å²) >= 11 is 0.